The molecular weight excluding hydrogens is 476 g/mol. The normalized spacial score (nSPS) is 15.9. The molecule has 3 aromatic carbocycles. The lowest BCUT2D eigenvalue weighted by molar-refractivity contribution is 0.113. The average Bonchev–Trinajstić information content (AvgIpc) is 3.39. The molecule has 37 heavy (non-hydrogen) atoms. The van der Waals surface area contributed by atoms with Crippen LogP contribution in [-0.2, 0) is 0 Å². The molecule has 2 heterocycles. The summed E-state index contributed by atoms with van der Waals surface area (Å²) < 4.78 is 1.95. The number of para-hydroxylation sites is 1. The van der Waals surface area contributed by atoms with Crippen molar-refractivity contribution in [2.24, 2.45) is 0 Å². The van der Waals surface area contributed by atoms with Crippen molar-refractivity contribution in [3.05, 3.63) is 107 Å². The Bertz CT molecular complexity index is 1300. The SMILES string of the molecule is CSc1ccc([C@@H](c2nnnn2-c2c(C)cccc2C)N2CCN(CC=Cc3ccccc3)CC2)cc1. The Morgan fingerprint density at radius 2 is 1.57 bits per heavy atom. The van der Waals surface area contributed by atoms with E-state index < -0.39 is 0 Å². The third-order valence-electron chi connectivity index (χ3n) is 7.07. The number of rotatable bonds is 8. The summed E-state index contributed by atoms with van der Waals surface area (Å²) in [7, 11) is 0. The molecule has 0 unspecified atom stereocenters. The van der Waals surface area contributed by atoms with Gasteiger partial charge in [0, 0.05) is 37.6 Å². The maximum absolute atomic E-state index is 4.60. The smallest absolute Gasteiger partial charge is 0.178 e. The van der Waals surface area contributed by atoms with E-state index in [2.05, 4.69) is 130 Å². The molecule has 1 atom stereocenters. The fraction of sp³-hybridized carbons (Fsp3) is 0.300. The number of benzene rings is 3. The van der Waals surface area contributed by atoms with Crippen LogP contribution in [0.4, 0.5) is 0 Å². The summed E-state index contributed by atoms with van der Waals surface area (Å²) in [6.45, 7) is 9.11. The summed E-state index contributed by atoms with van der Waals surface area (Å²) in [6, 6.07) is 25.7. The van der Waals surface area contributed by atoms with Crippen LogP contribution in [0.5, 0.6) is 0 Å². The first-order chi connectivity index (χ1) is 18.1. The molecule has 0 saturated carbocycles. The minimum atomic E-state index is -0.0214. The quantitative estimate of drug-likeness (QED) is 0.295. The number of tetrazole rings is 1. The Balaban J connectivity index is 1.39. The first-order valence-corrected chi connectivity index (χ1v) is 14.0. The van der Waals surface area contributed by atoms with E-state index >= 15 is 0 Å². The largest absolute Gasteiger partial charge is 0.297 e. The van der Waals surface area contributed by atoms with Gasteiger partial charge in [0.2, 0.25) is 0 Å². The third kappa shape index (κ3) is 5.85. The van der Waals surface area contributed by atoms with E-state index in [1.807, 2.05) is 4.68 Å². The van der Waals surface area contributed by atoms with Crippen LogP contribution < -0.4 is 0 Å². The summed E-state index contributed by atoms with van der Waals surface area (Å²) in [5.41, 5.74) is 5.86. The molecule has 1 aromatic heterocycles. The van der Waals surface area contributed by atoms with Crippen LogP contribution in [0.1, 0.15) is 34.1 Å². The van der Waals surface area contributed by atoms with Gasteiger partial charge in [-0.2, -0.15) is 4.68 Å². The fourth-order valence-electron chi connectivity index (χ4n) is 5.08. The molecular formula is C30H34N6S. The zero-order valence-electron chi connectivity index (χ0n) is 21.8. The predicted octanol–water partition coefficient (Wildman–Crippen LogP) is 5.42. The molecule has 0 spiro atoms. The van der Waals surface area contributed by atoms with Gasteiger partial charge in [-0.3, -0.25) is 9.80 Å². The molecule has 6 nitrogen and oxygen atoms in total. The molecule has 7 heteroatoms. The Morgan fingerprint density at radius 1 is 0.865 bits per heavy atom. The summed E-state index contributed by atoms with van der Waals surface area (Å²) in [4.78, 5) is 6.30. The van der Waals surface area contributed by atoms with Crippen LogP contribution in [0.25, 0.3) is 11.8 Å². The zero-order chi connectivity index (χ0) is 25.6. The number of nitrogens with zero attached hydrogens (tertiary/aromatic N) is 6. The molecule has 190 valence electrons. The van der Waals surface area contributed by atoms with Crippen LogP contribution >= 0.6 is 11.8 Å². The van der Waals surface area contributed by atoms with Crippen molar-refractivity contribution >= 4 is 17.8 Å². The van der Waals surface area contributed by atoms with Crippen LogP contribution in [0.3, 0.4) is 0 Å². The monoisotopic (exact) mass is 510 g/mol. The lowest BCUT2D eigenvalue weighted by Gasteiger charge is -2.38. The van der Waals surface area contributed by atoms with E-state index in [1.54, 1.807) is 11.8 Å². The highest BCUT2D eigenvalue weighted by Gasteiger charge is 2.31. The molecule has 0 bridgehead atoms. The van der Waals surface area contributed by atoms with Crippen LogP contribution in [0.2, 0.25) is 0 Å². The summed E-state index contributed by atoms with van der Waals surface area (Å²) in [6.07, 6.45) is 6.59. The highest BCUT2D eigenvalue weighted by atomic mass is 32.2. The van der Waals surface area contributed by atoms with E-state index in [4.69, 9.17) is 0 Å². The van der Waals surface area contributed by atoms with Gasteiger partial charge in [0.15, 0.2) is 5.82 Å². The maximum Gasteiger partial charge on any atom is 0.178 e. The summed E-state index contributed by atoms with van der Waals surface area (Å²) >= 11 is 1.76. The average molecular weight is 511 g/mol. The highest BCUT2D eigenvalue weighted by Crippen LogP contribution is 2.32. The molecule has 1 aliphatic rings. The van der Waals surface area contributed by atoms with Crippen LogP contribution in [0.15, 0.2) is 83.8 Å². The predicted molar refractivity (Wildman–Crippen MR) is 152 cm³/mol. The zero-order valence-corrected chi connectivity index (χ0v) is 22.6. The topological polar surface area (TPSA) is 50.1 Å². The molecule has 1 fully saturated rings. The van der Waals surface area contributed by atoms with Crippen molar-refractivity contribution < 1.29 is 0 Å². The molecule has 0 aliphatic carbocycles. The van der Waals surface area contributed by atoms with Gasteiger partial charge in [-0.25, -0.2) is 0 Å². The number of hydrogen-bond donors (Lipinski definition) is 0. The van der Waals surface area contributed by atoms with Gasteiger partial charge in [-0.15, -0.1) is 16.9 Å². The first kappa shape index (κ1) is 25.4. The van der Waals surface area contributed by atoms with Gasteiger partial charge in [-0.1, -0.05) is 72.8 Å². The minimum absolute atomic E-state index is 0.0214. The molecule has 4 aromatic rings. The van der Waals surface area contributed by atoms with Crippen LogP contribution in [0, 0.1) is 13.8 Å². The van der Waals surface area contributed by atoms with E-state index in [1.165, 1.54) is 27.1 Å². The van der Waals surface area contributed by atoms with E-state index in [0.29, 0.717) is 0 Å². The Hall–Kier alpha value is -3.26. The summed E-state index contributed by atoms with van der Waals surface area (Å²) in [5, 5.41) is 13.2. The molecule has 0 N–H and O–H groups in total. The van der Waals surface area contributed by atoms with Crippen molar-refractivity contribution in [3.63, 3.8) is 0 Å². The fourth-order valence-corrected chi connectivity index (χ4v) is 5.49. The van der Waals surface area contributed by atoms with Crippen molar-refractivity contribution in [2.45, 2.75) is 24.8 Å². The van der Waals surface area contributed by atoms with Crippen molar-refractivity contribution in [1.29, 1.82) is 0 Å². The lowest BCUT2D eigenvalue weighted by Crippen LogP contribution is -2.48. The van der Waals surface area contributed by atoms with E-state index in [0.717, 1.165) is 44.2 Å². The van der Waals surface area contributed by atoms with Crippen molar-refractivity contribution in [3.8, 4) is 5.69 Å². The van der Waals surface area contributed by atoms with Gasteiger partial charge in [-0.05, 0) is 64.9 Å². The van der Waals surface area contributed by atoms with Crippen molar-refractivity contribution in [1.82, 2.24) is 30.0 Å². The highest BCUT2D eigenvalue weighted by molar-refractivity contribution is 7.98. The van der Waals surface area contributed by atoms with Crippen LogP contribution in [-0.4, -0.2) is 69.0 Å². The molecule has 0 radical (unpaired) electrons. The van der Waals surface area contributed by atoms with Gasteiger partial charge in [0.1, 0.15) is 0 Å². The number of aryl methyl sites for hydroxylation is 2. The number of thioether (sulfide) groups is 1. The van der Waals surface area contributed by atoms with E-state index in [9.17, 15) is 0 Å². The van der Waals surface area contributed by atoms with Gasteiger partial charge >= 0.3 is 0 Å². The second-order valence-corrected chi connectivity index (χ2v) is 10.4. The molecule has 1 saturated heterocycles. The van der Waals surface area contributed by atoms with Crippen molar-refractivity contribution in [2.75, 3.05) is 39.0 Å². The second kappa shape index (κ2) is 11.9. The summed E-state index contributed by atoms with van der Waals surface area (Å²) in [5.74, 6) is 0.867. The third-order valence-corrected chi connectivity index (χ3v) is 7.81. The molecule has 0 amide bonds. The number of hydrogen-bond acceptors (Lipinski definition) is 6. The maximum atomic E-state index is 4.60. The van der Waals surface area contributed by atoms with Gasteiger partial charge in [0.25, 0.3) is 0 Å². The number of aromatic nitrogens is 4. The molecule has 5 rings (SSSR count). The Morgan fingerprint density at radius 3 is 2.24 bits per heavy atom. The standard InChI is InChI=1S/C30H34N6S/c1-23-9-7-10-24(2)28(23)36-30(31-32-33-36)29(26-14-16-27(37-3)17-15-26)35-21-19-34(20-22-35)18-8-13-25-11-5-4-6-12-25/h4-17,29H,18-22H2,1-3H3/t29-/m0/s1. The lowest BCUT2D eigenvalue weighted by atomic mass is 10.0. The molecule has 1 aliphatic heterocycles. The van der Waals surface area contributed by atoms with Gasteiger partial charge < -0.3 is 0 Å². The van der Waals surface area contributed by atoms with Gasteiger partial charge in [0.05, 0.1) is 11.7 Å². The number of piperazine rings is 1. The second-order valence-electron chi connectivity index (χ2n) is 9.51. The van der Waals surface area contributed by atoms with E-state index in [-0.39, 0.29) is 6.04 Å². The minimum Gasteiger partial charge on any atom is -0.297 e. The Labute approximate surface area is 224 Å². The Kier molecular flexibility index (Phi) is 8.14. The first-order valence-electron chi connectivity index (χ1n) is 12.8.